The number of aromatic nitrogens is 2. The van der Waals surface area contributed by atoms with Gasteiger partial charge in [0.15, 0.2) is 6.10 Å². The average molecular weight is 433 g/mol. The number of benzene rings is 2. The minimum Gasteiger partial charge on any atom is -0.481 e. The van der Waals surface area contributed by atoms with Crippen molar-refractivity contribution in [3.8, 4) is 17.2 Å². The molecule has 0 aliphatic rings. The smallest absolute Gasteiger partial charge is 0.336 e. The highest BCUT2D eigenvalue weighted by Gasteiger charge is 2.22. The summed E-state index contributed by atoms with van der Waals surface area (Å²) in [5, 5.41) is 8.91. The molecule has 8 nitrogen and oxygen atoms in total. The van der Waals surface area contributed by atoms with Gasteiger partial charge in [-0.2, -0.15) is 0 Å². The van der Waals surface area contributed by atoms with E-state index < -0.39 is 11.7 Å². The number of amides is 1. The molecule has 0 saturated heterocycles. The van der Waals surface area contributed by atoms with E-state index in [1.54, 1.807) is 26.1 Å². The van der Waals surface area contributed by atoms with Gasteiger partial charge in [-0.25, -0.2) is 4.79 Å². The van der Waals surface area contributed by atoms with Gasteiger partial charge in [-0.1, -0.05) is 25.1 Å². The number of aryl methyl sites for hydroxylation is 1. The lowest BCUT2D eigenvalue weighted by Gasteiger charge is -2.21. The fourth-order valence-corrected chi connectivity index (χ4v) is 3.44. The third kappa shape index (κ3) is 4.54. The van der Waals surface area contributed by atoms with Gasteiger partial charge in [-0.05, 0) is 43.2 Å². The maximum Gasteiger partial charge on any atom is 0.336 e. The van der Waals surface area contributed by atoms with Crippen molar-refractivity contribution in [1.29, 1.82) is 0 Å². The average Bonchev–Trinajstić information content (AvgIpc) is 3.26. The number of carbonyl (C=O) groups excluding carboxylic acids is 1. The third-order valence-corrected chi connectivity index (χ3v) is 5.08. The van der Waals surface area contributed by atoms with Crippen LogP contribution in [0, 0.1) is 0 Å². The SMILES string of the molecule is CCc1cc(=O)oc2cc(OC(C)C(=O)N(C)Cc3nnc(-c4ccccc4)o3)ccc12. The Morgan fingerprint density at radius 3 is 2.62 bits per heavy atom. The molecule has 2 aromatic heterocycles. The highest BCUT2D eigenvalue weighted by molar-refractivity contribution is 5.83. The topological polar surface area (TPSA) is 98.7 Å². The molecule has 0 fully saturated rings. The Labute approximate surface area is 184 Å². The normalized spacial score (nSPS) is 12.0. The van der Waals surface area contributed by atoms with E-state index in [9.17, 15) is 9.59 Å². The summed E-state index contributed by atoms with van der Waals surface area (Å²) < 4.78 is 16.8. The van der Waals surface area contributed by atoms with E-state index in [1.807, 2.05) is 43.3 Å². The first-order chi connectivity index (χ1) is 15.4. The van der Waals surface area contributed by atoms with E-state index >= 15 is 0 Å². The number of carbonyl (C=O) groups is 1. The van der Waals surface area contributed by atoms with Gasteiger partial charge < -0.3 is 18.5 Å². The number of likely N-dealkylation sites (N-methyl/N-ethyl adjacent to an activating group) is 1. The van der Waals surface area contributed by atoms with Gasteiger partial charge in [0.05, 0.1) is 6.54 Å². The zero-order valence-corrected chi connectivity index (χ0v) is 18.1. The Kier molecular flexibility index (Phi) is 6.02. The predicted octanol–water partition coefficient (Wildman–Crippen LogP) is 3.83. The lowest BCUT2D eigenvalue weighted by atomic mass is 10.1. The molecule has 0 aliphatic heterocycles. The molecule has 4 rings (SSSR count). The molecule has 0 aliphatic carbocycles. The molecule has 2 aromatic carbocycles. The Morgan fingerprint density at radius 1 is 1.09 bits per heavy atom. The van der Waals surface area contributed by atoms with Crippen LogP contribution in [0.25, 0.3) is 22.4 Å². The first kappa shape index (κ1) is 21.3. The molecule has 2 heterocycles. The van der Waals surface area contributed by atoms with Gasteiger partial charge in [-0.15, -0.1) is 10.2 Å². The minimum absolute atomic E-state index is 0.152. The molecule has 0 N–H and O–H groups in total. The standard InChI is InChI=1S/C24H23N3O5/c1-4-16-12-22(28)31-20-13-18(10-11-19(16)20)30-15(2)24(29)27(3)14-21-25-26-23(32-21)17-8-6-5-7-9-17/h5-13,15H,4,14H2,1-3H3. The quantitative estimate of drug-likeness (QED) is 0.409. The van der Waals surface area contributed by atoms with Crippen LogP contribution >= 0.6 is 0 Å². The van der Waals surface area contributed by atoms with Crippen molar-refractivity contribution in [3.63, 3.8) is 0 Å². The summed E-state index contributed by atoms with van der Waals surface area (Å²) in [7, 11) is 1.64. The molecule has 4 aromatic rings. The third-order valence-electron chi connectivity index (χ3n) is 5.08. The van der Waals surface area contributed by atoms with Crippen molar-refractivity contribution >= 4 is 16.9 Å². The monoisotopic (exact) mass is 433 g/mol. The number of rotatable bonds is 7. The maximum atomic E-state index is 12.8. The Balaban J connectivity index is 1.43. The second-order valence-electron chi connectivity index (χ2n) is 7.42. The molecule has 1 amide bonds. The summed E-state index contributed by atoms with van der Waals surface area (Å²) in [4.78, 5) is 26.0. The summed E-state index contributed by atoms with van der Waals surface area (Å²) in [5.41, 5.74) is 1.73. The first-order valence-electron chi connectivity index (χ1n) is 10.3. The zero-order valence-electron chi connectivity index (χ0n) is 18.1. The molecule has 164 valence electrons. The molecule has 1 atom stereocenters. The predicted molar refractivity (Wildman–Crippen MR) is 118 cm³/mol. The highest BCUT2D eigenvalue weighted by Crippen LogP contribution is 2.24. The summed E-state index contributed by atoms with van der Waals surface area (Å²) in [6.45, 7) is 3.78. The molecule has 0 bridgehead atoms. The zero-order chi connectivity index (χ0) is 22.7. The van der Waals surface area contributed by atoms with Crippen LogP contribution in [0.1, 0.15) is 25.3 Å². The van der Waals surface area contributed by atoms with Gasteiger partial charge in [0.25, 0.3) is 5.91 Å². The van der Waals surface area contributed by atoms with E-state index in [0.29, 0.717) is 29.5 Å². The molecule has 0 saturated carbocycles. The Morgan fingerprint density at radius 2 is 1.88 bits per heavy atom. The van der Waals surface area contributed by atoms with Gasteiger partial charge >= 0.3 is 5.63 Å². The molecule has 32 heavy (non-hydrogen) atoms. The van der Waals surface area contributed by atoms with E-state index in [4.69, 9.17) is 13.6 Å². The molecule has 1 unspecified atom stereocenters. The Bertz CT molecular complexity index is 1300. The van der Waals surface area contributed by atoms with Crippen molar-refractivity contribution < 1.29 is 18.4 Å². The number of hydrogen-bond acceptors (Lipinski definition) is 7. The van der Waals surface area contributed by atoms with Crippen molar-refractivity contribution in [3.05, 3.63) is 76.5 Å². The summed E-state index contributed by atoms with van der Waals surface area (Å²) in [6.07, 6.45) is -0.0565. The molecular weight excluding hydrogens is 410 g/mol. The van der Waals surface area contributed by atoms with Crippen LogP contribution in [0.4, 0.5) is 0 Å². The van der Waals surface area contributed by atoms with Crippen LogP contribution in [0.15, 0.2) is 68.2 Å². The number of nitrogens with zero attached hydrogens (tertiary/aromatic N) is 3. The van der Waals surface area contributed by atoms with Crippen LogP contribution in [-0.2, 0) is 17.8 Å². The fourth-order valence-electron chi connectivity index (χ4n) is 3.44. The van der Waals surface area contributed by atoms with Gasteiger partial charge in [-0.3, -0.25) is 4.79 Å². The van der Waals surface area contributed by atoms with E-state index in [1.165, 1.54) is 11.0 Å². The molecular formula is C24H23N3O5. The van der Waals surface area contributed by atoms with Crippen LogP contribution in [-0.4, -0.2) is 34.2 Å². The van der Waals surface area contributed by atoms with Crippen LogP contribution in [0.5, 0.6) is 5.75 Å². The van der Waals surface area contributed by atoms with Crippen molar-refractivity contribution in [1.82, 2.24) is 15.1 Å². The lowest BCUT2D eigenvalue weighted by Crippen LogP contribution is -2.37. The van der Waals surface area contributed by atoms with E-state index in [0.717, 1.165) is 16.5 Å². The van der Waals surface area contributed by atoms with Crippen LogP contribution in [0.3, 0.4) is 0 Å². The minimum atomic E-state index is -0.768. The first-order valence-corrected chi connectivity index (χ1v) is 10.3. The van der Waals surface area contributed by atoms with Gasteiger partial charge in [0.1, 0.15) is 11.3 Å². The van der Waals surface area contributed by atoms with Crippen molar-refractivity contribution in [2.45, 2.75) is 32.9 Å². The second-order valence-corrected chi connectivity index (χ2v) is 7.42. The maximum absolute atomic E-state index is 12.8. The molecule has 0 spiro atoms. The van der Waals surface area contributed by atoms with Gasteiger partial charge in [0, 0.05) is 30.1 Å². The summed E-state index contributed by atoms with van der Waals surface area (Å²) >= 11 is 0. The lowest BCUT2D eigenvalue weighted by molar-refractivity contribution is -0.137. The summed E-state index contributed by atoms with van der Waals surface area (Å²) in [6, 6.07) is 16.1. The summed E-state index contributed by atoms with van der Waals surface area (Å²) in [5.74, 6) is 0.905. The Hall–Kier alpha value is -3.94. The number of fused-ring (bicyclic) bond motifs is 1. The van der Waals surface area contributed by atoms with Crippen molar-refractivity contribution in [2.75, 3.05) is 7.05 Å². The number of ether oxygens (including phenoxy) is 1. The fraction of sp³-hybridized carbons (Fsp3) is 0.250. The van der Waals surface area contributed by atoms with Crippen molar-refractivity contribution in [2.24, 2.45) is 0 Å². The number of hydrogen-bond donors (Lipinski definition) is 0. The second kappa shape index (κ2) is 9.05. The van der Waals surface area contributed by atoms with Crippen LogP contribution in [0.2, 0.25) is 0 Å². The van der Waals surface area contributed by atoms with Crippen LogP contribution < -0.4 is 10.4 Å². The van der Waals surface area contributed by atoms with E-state index in [2.05, 4.69) is 10.2 Å². The van der Waals surface area contributed by atoms with E-state index in [-0.39, 0.29) is 12.5 Å². The van der Waals surface area contributed by atoms with Gasteiger partial charge in [0.2, 0.25) is 11.8 Å². The molecule has 8 heteroatoms. The molecule has 0 radical (unpaired) electrons. The largest absolute Gasteiger partial charge is 0.481 e. The highest BCUT2D eigenvalue weighted by atomic mass is 16.5.